The summed E-state index contributed by atoms with van der Waals surface area (Å²) in [5.41, 5.74) is 5.43. The van der Waals surface area contributed by atoms with E-state index in [1.165, 1.54) is 6.07 Å². The number of nitrogens with two attached hydrogens (primary N) is 1. The van der Waals surface area contributed by atoms with Crippen LogP contribution in [0.4, 0.5) is 5.69 Å². The number of rotatable bonds is 3. The Morgan fingerprint density at radius 3 is 2.69 bits per heavy atom. The van der Waals surface area contributed by atoms with Crippen LogP contribution in [0.2, 0.25) is 5.02 Å². The molecule has 0 bridgehead atoms. The number of anilines is 1. The van der Waals surface area contributed by atoms with Gasteiger partial charge in [-0.25, -0.2) is 4.99 Å². The maximum atomic E-state index is 13.5. The summed E-state index contributed by atoms with van der Waals surface area (Å²) in [5, 5.41) is 0.444. The maximum absolute atomic E-state index is 13.5. The van der Waals surface area contributed by atoms with Crippen LogP contribution in [0.1, 0.15) is 36.0 Å². The van der Waals surface area contributed by atoms with Crippen molar-refractivity contribution in [1.29, 1.82) is 0 Å². The second-order valence-corrected chi connectivity index (χ2v) is 7.13. The summed E-state index contributed by atoms with van der Waals surface area (Å²) in [6.45, 7) is 0. The molecule has 1 unspecified atom stereocenters. The number of nitrogens with zero attached hydrogens (tertiary/aromatic N) is 1. The van der Waals surface area contributed by atoms with Crippen molar-refractivity contribution in [2.24, 2.45) is 10.4 Å². The van der Waals surface area contributed by atoms with Gasteiger partial charge in [-0.05, 0) is 43.2 Å². The minimum Gasteiger partial charge on any atom is -0.399 e. The number of aliphatic imine (C=N–C) groups is 1. The fourth-order valence-electron chi connectivity index (χ4n) is 3.37. The first-order valence-electron chi connectivity index (χ1n) is 8.38. The second kappa shape index (κ2) is 7.60. The van der Waals surface area contributed by atoms with Crippen LogP contribution in [-0.4, -0.2) is 17.3 Å². The topological polar surface area (TPSA) is 72.5 Å². The zero-order valence-corrected chi connectivity index (χ0v) is 15.6. The average Bonchev–Trinajstić information content (AvgIpc) is 2.58. The molecule has 1 aromatic carbocycles. The molecule has 0 amide bonds. The standard InChI is InChI=1S/C20H18Cl2N2O2/c21-15-12-13(23)9-10-14(15)19(26)20(11-5-4-7-17(20)25)16-6-2-1-3-8-18(22)24-16/h1-3,6,8-10,12H,4-5,7,11,23H2. The van der Waals surface area contributed by atoms with Crippen LogP contribution in [0.5, 0.6) is 0 Å². The molecule has 1 aliphatic carbocycles. The number of hydrogen-bond donors (Lipinski definition) is 1. The largest absolute Gasteiger partial charge is 0.399 e. The van der Waals surface area contributed by atoms with Gasteiger partial charge in [-0.3, -0.25) is 9.59 Å². The zero-order valence-electron chi connectivity index (χ0n) is 14.0. The summed E-state index contributed by atoms with van der Waals surface area (Å²) in [6, 6.07) is 4.68. The van der Waals surface area contributed by atoms with E-state index >= 15 is 0 Å². The van der Waals surface area contributed by atoms with Gasteiger partial charge in [0.2, 0.25) is 0 Å². The Morgan fingerprint density at radius 1 is 1.15 bits per heavy atom. The third-order valence-corrected chi connectivity index (χ3v) is 5.20. The van der Waals surface area contributed by atoms with Crippen molar-refractivity contribution < 1.29 is 9.59 Å². The van der Waals surface area contributed by atoms with Crippen molar-refractivity contribution in [3.8, 4) is 0 Å². The molecule has 0 radical (unpaired) electrons. The first-order chi connectivity index (χ1) is 12.4. The molecule has 1 fully saturated rings. The van der Waals surface area contributed by atoms with Gasteiger partial charge in [0.25, 0.3) is 0 Å². The van der Waals surface area contributed by atoms with Crippen LogP contribution in [0.15, 0.2) is 58.7 Å². The highest BCUT2D eigenvalue weighted by Gasteiger charge is 2.50. The van der Waals surface area contributed by atoms with Gasteiger partial charge in [0.1, 0.15) is 10.6 Å². The van der Waals surface area contributed by atoms with E-state index in [-0.39, 0.29) is 27.3 Å². The molecule has 6 heteroatoms. The molecular weight excluding hydrogens is 371 g/mol. The molecular formula is C20H18Cl2N2O2. The van der Waals surface area contributed by atoms with E-state index in [0.717, 1.165) is 12.8 Å². The molecule has 3 rings (SSSR count). The van der Waals surface area contributed by atoms with Crippen LogP contribution >= 0.6 is 23.2 Å². The van der Waals surface area contributed by atoms with Crippen LogP contribution in [-0.2, 0) is 4.79 Å². The molecule has 0 saturated heterocycles. The normalized spacial score (nSPS) is 23.1. The summed E-state index contributed by atoms with van der Waals surface area (Å²) in [4.78, 5) is 30.9. The predicted octanol–water partition coefficient (Wildman–Crippen LogP) is 4.88. The molecule has 2 N–H and O–H groups in total. The Bertz CT molecular complexity index is 884. The van der Waals surface area contributed by atoms with Crippen molar-refractivity contribution in [3.63, 3.8) is 0 Å². The van der Waals surface area contributed by atoms with Gasteiger partial charge in [0.15, 0.2) is 11.6 Å². The highest BCUT2D eigenvalue weighted by Crippen LogP contribution is 2.41. The lowest BCUT2D eigenvalue weighted by molar-refractivity contribution is -0.125. The number of ketones is 2. The van der Waals surface area contributed by atoms with Crippen LogP contribution in [0.25, 0.3) is 0 Å². The number of carbonyl (C=O) groups excluding carboxylic acids is 2. The van der Waals surface area contributed by atoms with Crippen LogP contribution in [0, 0.1) is 5.41 Å². The van der Waals surface area contributed by atoms with Gasteiger partial charge in [0.05, 0.1) is 10.7 Å². The third kappa shape index (κ3) is 3.39. The highest BCUT2D eigenvalue weighted by molar-refractivity contribution is 6.39. The number of Topliss-reactive ketones (excluding diaryl/α,β-unsaturated/α-hetero) is 2. The minimum absolute atomic E-state index is 0.154. The van der Waals surface area contributed by atoms with Gasteiger partial charge in [-0.2, -0.15) is 0 Å². The van der Waals surface area contributed by atoms with E-state index in [2.05, 4.69) is 4.99 Å². The number of halogens is 2. The van der Waals surface area contributed by atoms with Crippen molar-refractivity contribution >= 4 is 46.2 Å². The molecule has 0 spiro atoms. The lowest BCUT2D eigenvalue weighted by atomic mass is 9.65. The molecule has 1 saturated carbocycles. The molecule has 0 aromatic heterocycles. The lowest BCUT2D eigenvalue weighted by Gasteiger charge is -2.35. The first-order valence-corrected chi connectivity index (χ1v) is 9.13. The van der Waals surface area contributed by atoms with E-state index in [0.29, 0.717) is 24.2 Å². The number of nitrogen functional groups attached to an aromatic ring is 1. The van der Waals surface area contributed by atoms with Gasteiger partial charge in [0, 0.05) is 17.7 Å². The monoisotopic (exact) mass is 388 g/mol. The Labute approximate surface area is 162 Å². The SMILES string of the molecule is Nc1ccc(C(=O)C2(C3=NC(Cl)=CC=CC=C3)CCCCC2=O)c(Cl)c1. The van der Waals surface area contributed by atoms with Crippen LogP contribution < -0.4 is 5.73 Å². The molecule has 26 heavy (non-hydrogen) atoms. The van der Waals surface area contributed by atoms with Crippen LogP contribution in [0.3, 0.4) is 0 Å². The summed E-state index contributed by atoms with van der Waals surface area (Å²) in [7, 11) is 0. The third-order valence-electron chi connectivity index (χ3n) is 4.68. The minimum atomic E-state index is -1.38. The van der Waals surface area contributed by atoms with Gasteiger partial charge in [-0.15, -0.1) is 0 Å². The predicted molar refractivity (Wildman–Crippen MR) is 106 cm³/mol. The molecule has 1 heterocycles. The molecule has 1 aliphatic heterocycles. The van der Waals surface area contributed by atoms with E-state index in [9.17, 15) is 9.59 Å². The number of allylic oxidation sites excluding steroid dienone is 5. The molecule has 1 atom stereocenters. The quantitative estimate of drug-likeness (QED) is 0.347. The highest BCUT2D eigenvalue weighted by atomic mass is 35.5. The number of benzene rings is 1. The van der Waals surface area contributed by atoms with Crippen molar-refractivity contribution in [2.75, 3.05) is 5.73 Å². The first kappa shape index (κ1) is 18.6. The molecule has 1 aromatic rings. The Balaban J connectivity index is 2.18. The molecule has 2 aliphatic rings. The summed E-state index contributed by atoms with van der Waals surface area (Å²) in [6.07, 6.45) is 10.8. The number of carbonyl (C=O) groups is 2. The van der Waals surface area contributed by atoms with Gasteiger partial charge >= 0.3 is 0 Å². The van der Waals surface area contributed by atoms with E-state index in [1.54, 1.807) is 42.5 Å². The molecule has 4 nitrogen and oxygen atoms in total. The van der Waals surface area contributed by atoms with E-state index in [1.807, 2.05) is 0 Å². The Hall–Kier alpha value is -2.17. The maximum Gasteiger partial charge on any atom is 0.183 e. The van der Waals surface area contributed by atoms with Crippen molar-refractivity contribution in [1.82, 2.24) is 0 Å². The Kier molecular flexibility index (Phi) is 5.44. The zero-order chi connectivity index (χ0) is 18.7. The fourth-order valence-corrected chi connectivity index (χ4v) is 3.81. The summed E-state index contributed by atoms with van der Waals surface area (Å²) in [5.74, 6) is -0.510. The number of hydrogen-bond acceptors (Lipinski definition) is 4. The van der Waals surface area contributed by atoms with Gasteiger partial charge in [-0.1, -0.05) is 47.9 Å². The Morgan fingerprint density at radius 2 is 1.96 bits per heavy atom. The van der Waals surface area contributed by atoms with Crippen molar-refractivity contribution in [2.45, 2.75) is 25.7 Å². The summed E-state index contributed by atoms with van der Waals surface area (Å²) < 4.78 is 0. The van der Waals surface area contributed by atoms with Crippen molar-refractivity contribution in [3.05, 3.63) is 64.3 Å². The smallest absolute Gasteiger partial charge is 0.183 e. The average molecular weight is 389 g/mol. The molecule has 134 valence electrons. The van der Waals surface area contributed by atoms with E-state index in [4.69, 9.17) is 28.9 Å². The summed E-state index contributed by atoms with van der Waals surface area (Å²) >= 11 is 12.4. The second-order valence-electron chi connectivity index (χ2n) is 6.33. The van der Waals surface area contributed by atoms with Gasteiger partial charge < -0.3 is 5.73 Å². The lowest BCUT2D eigenvalue weighted by Crippen LogP contribution is -2.48. The fraction of sp³-hybridized carbons (Fsp3) is 0.250. The van der Waals surface area contributed by atoms with E-state index < -0.39 is 5.41 Å².